The lowest BCUT2D eigenvalue weighted by Crippen LogP contribution is -2.43. The number of nitrogens with one attached hydrogen (secondary N) is 1. The van der Waals surface area contributed by atoms with Gasteiger partial charge < -0.3 is 20.9 Å². The average Bonchev–Trinajstić information content (AvgIpc) is 2.83. The number of likely N-dealkylation sites (tertiary alicyclic amines) is 1. The first-order valence-electron chi connectivity index (χ1n) is 9.48. The highest BCUT2D eigenvalue weighted by Gasteiger charge is 2.27. The van der Waals surface area contributed by atoms with E-state index < -0.39 is 0 Å². The summed E-state index contributed by atoms with van der Waals surface area (Å²) in [7, 11) is 1.74. The van der Waals surface area contributed by atoms with E-state index in [0.717, 1.165) is 15.5 Å². The van der Waals surface area contributed by atoms with Gasteiger partial charge in [0.15, 0.2) is 0 Å². The number of hydrogen-bond donors (Lipinski definition) is 2. The summed E-state index contributed by atoms with van der Waals surface area (Å²) in [6.07, 6.45) is 1.16. The zero-order valence-corrected chi connectivity index (χ0v) is 16.9. The van der Waals surface area contributed by atoms with Crippen LogP contribution in [0.2, 0.25) is 0 Å². The second-order valence-corrected chi connectivity index (χ2v) is 8.32. The number of amides is 4. The molecular formula is C21H22N4O3S. The van der Waals surface area contributed by atoms with Gasteiger partial charge in [-0.25, -0.2) is 4.79 Å². The molecule has 0 saturated carbocycles. The van der Waals surface area contributed by atoms with Gasteiger partial charge in [-0.3, -0.25) is 9.59 Å². The molecule has 1 fully saturated rings. The molecule has 0 aliphatic carbocycles. The SMILES string of the molecule is CN1C(=O)c2ccccc2Sc2ccc(NC(=O)N3CCC(C(N)=O)CC3)cc21. The zero-order valence-electron chi connectivity index (χ0n) is 16.1. The van der Waals surface area contributed by atoms with Gasteiger partial charge in [0.05, 0.1) is 11.3 Å². The van der Waals surface area contributed by atoms with E-state index >= 15 is 0 Å². The molecule has 2 aromatic rings. The Balaban J connectivity index is 1.51. The van der Waals surface area contributed by atoms with Gasteiger partial charge in [-0.2, -0.15) is 0 Å². The number of carbonyl (C=O) groups is 3. The topological polar surface area (TPSA) is 95.7 Å². The fraction of sp³-hybridized carbons (Fsp3) is 0.286. The van der Waals surface area contributed by atoms with Crippen LogP contribution < -0.4 is 16.0 Å². The lowest BCUT2D eigenvalue weighted by molar-refractivity contribution is -0.122. The Morgan fingerprint density at radius 3 is 2.55 bits per heavy atom. The highest BCUT2D eigenvalue weighted by molar-refractivity contribution is 7.99. The molecule has 2 heterocycles. The molecule has 2 aliphatic heterocycles. The minimum atomic E-state index is -0.304. The fourth-order valence-corrected chi connectivity index (χ4v) is 4.74. The van der Waals surface area contributed by atoms with Crippen LogP contribution in [0, 0.1) is 5.92 Å². The molecule has 0 atom stereocenters. The van der Waals surface area contributed by atoms with Crippen molar-refractivity contribution in [3.8, 4) is 0 Å². The lowest BCUT2D eigenvalue weighted by Gasteiger charge is -2.30. The van der Waals surface area contributed by atoms with Crippen molar-refractivity contribution in [2.45, 2.75) is 22.6 Å². The summed E-state index contributed by atoms with van der Waals surface area (Å²) < 4.78 is 0. The number of carbonyl (C=O) groups excluding carboxylic acids is 3. The predicted octanol–water partition coefficient (Wildman–Crippen LogP) is 3.16. The number of nitrogens with two attached hydrogens (primary N) is 1. The van der Waals surface area contributed by atoms with Crippen LogP contribution in [0.5, 0.6) is 0 Å². The molecule has 0 radical (unpaired) electrons. The van der Waals surface area contributed by atoms with E-state index in [9.17, 15) is 14.4 Å². The van der Waals surface area contributed by atoms with Crippen LogP contribution in [-0.2, 0) is 4.79 Å². The van der Waals surface area contributed by atoms with Crippen molar-refractivity contribution in [1.82, 2.24) is 4.90 Å². The van der Waals surface area contributed by atoms with Gasteiger partial charge in [-0.15, -0.1) is 0 Å². The maximum absolute atomic E-state index is 12.8. The minimum Gasteiger partial charge on any atom is -0.369 e. The smallest absolute Gasteiger partial charge is 0.321 e. The monoisotopic (exact) mass is 410 g/mol. The van der Waals surface area contributed by atoms with Gasteiger partial charge in [0, 0.05) is 41.5 Å². The van der Waals surface area contributed by atoms with Crippen molar-refractivity contribution in [2.75, 3.05) is 30.4 Å². The largest absolute Gasteiger partial charge is 0.369 e. The Hall–Kier alpha value is -3.00. The molecule has 2 aromatic carbocycles. The minimum absolute atomic E-state index is 0.0798. The van der Waals surface area contributed by atoms with Crippen molar-refractivity contribution in [3.63, 3.8) is 0 Å². The molecule has 1 saturated heterocycles. The maximum Gasteiger partial charge on any atom is 0.321 e. The summed E-state index contributed by atoms with van der Waals surface area (Å²) in [5.74, 6) is -0.546. The summed E-state index contributed by atoms with van der Waals surface area (Å²) in [5, 5.41) is 2.91. The molecule has 0 aromatic heterocycles. The lowest BCUT2D eigenvalue weighted by atomic mass is 9.96. The molecule has 0 bridgehead atoms. The summed E-state index contributed by atoms with van der Waals surface area (Å²) in [6.45, 7) is 0.988. The number of anilines is 2. The van der Waals surface area contributed by atoms with E-state index in [1.54, 1.807) is 28.6 Å². The van der Waals surface area contributed by atoms with Crippen LogP contribution in [0.15, 0.2) is 52.3 Å². The third-order valence-corrected chi connectivity index (χ3v) is 6.54. The number of benzene rings is 2. The second kappa shape index (κ2) is 7.79. The molecule has 29 heavy (non-hydrogen) atoms. The van der Waals surface area contributed by atoms with Crippen LogP contribution in [-0.4, -0.2) is 42.9 Å². The maximum atomic E-state index is 12.8. The van der Waals surface area contributed by atoms with E-state index in [1.807, 2.05) is 42.5 Å². The van der Waals surface area contributed by atoms with Crippen LogP contribution in [0.1, 0.15) is 23.2 Å². The summed E-state index contributed by atoms with van der Waals surface area (Å²) in [6, 6.07) is 12.9. The van der Waals surface area contributed by atoms with E-state index in [0.29, 0.717) is 37.2 Å². The first kappa shape index (κ1) is 19.3. The van der Waals surface area contributed by atoms with Crippen molar-refractivity contribution < 1.29 is 14.4 Å². The molecule has 4 rings (SSSR count). The van der Waals surface area contributed by atoms with Crippen molar-refractivity contribution in [2.24, 2.45) is 11.7 Å². The van der Waals surface area contributed by atoms with Crippen molar-refractivity contribution in [1.29, 1.82) is 0 Å². The number of piperidine rings is 1. The second-order valence-electron chi connectivity index (χ2n) is 7.24. The molecular weight excluding hydrogens is 388 g/mol. The first-order valence-corrected chi connectivity index (χ1v) is 10.3. The van der Waals surface area contributed by atoms with Gasteiger partial charge in [-0.1, -0.05) is 23.9 Å². The first-order chi connectivity index (χ1) is 13.9. The summed E-state index contributed by atoms with van der Waals surface area (Å²) in [4.78, 5) is 41.9. The number of nitrogens with zero attached hydrogens (tertiary/aromatic N) is 2. The Morgan fingerprint density at radius 1 is 1.10 bits per heavy atom. The highest BCUT2D eigenvalue weighted by Crippen LogP contribution is 2.41. The van der Waals surface area contributed by atoms with E-state index in [1.165, 1.54) is 0 Å². The molecule has 0 spiro atoms. The average molecular weight is 410 g/mol. The Morgan fingerprint density at radius 2 is 1.83 bits per heavy atom. The quantitative estimate of drug-likeness (QED) is 0.795. The van der Waals surface area contributed by atoms with Crippen LogP contribution in [0.3, 0.4) is 0 Å². The van der Waals surface area contributed by atoms with E-state index in [-0.39, 0.29) is 23.8 Å². The number of urea groups is 1. The van der Waals surface area contributed by atoms with Gasteiger partial charge in [0.25, 0.3) is 5.91 Å². The van der Waals surface area contributed by atoms with E-state index in [2.05, 4.69) is 5.32 Å². The zero-order chi connectivity index (χ0) is 20.5. The van der Waals surface area contributed by atoms with Gasteiger partial charge >= 0.3 is 6.03 Å². The summed E-state index contributed by atoms with van der Waals surface area (Å²) in [5.41, 5.74) is 7.39. The number of rotatable bonds is 2. The summed E-state index contributed by atoms with van der Waals surface area (Å²) >= 11 is 1.54. The molecule has 0 unspecified atom stereocenters. The van der Waals surface area contributed by atoms with Crippen molar-refractivity contribution >= 4 is 41.0 Å². The molecule has 150 valence electrons. The fourth-order valence-electron chi connectivity index (χ4n) is 3.65. The predicted molar refractivity (Wildman–Crippen MR) is 112 cm³/mol. The number of fused-ring (bicyclic) bond motifs is 2. The molecule has 7 nitrogen and oxygen atoms in total. The Bertz CT molecular complexity index is 986. The normalized spacial score (nSPS) is 16.7. The Labute approximate surface area is 173 Å². The van der Waals surface area contributed by atoms with Crippen LogP contribution >= 0.6 is 11.8 Å². The third kappa shape index (κ3) is 3.80. The van der Waals surface area contributed by atoms with Crippen molar-refractivity contribution in [3.05, 3.63) is 48.0 Å². The van der Waals surface area contributed by atoms with Crippen LogP contribution in [0.25, 0.3) is 0 Å². The highest BCUT2D eigenvalue weighted by atomic mass is 32.2. The van der Waals surface area contributed by atoms with Crippen LogP contribution in [0.4, 0.5) is 16.2 Å². The third-order valence-electron chi connectivity index (χ3n) is 5.40. The molecule has 8 heteroatoms. The van der Waals surface area contributed by atoms with Gasteiger partial charge in [0.2, 0.25) is 5.91 Å². The number of hydrogen-bond acceptors (Lipinski definition) is 4. The van der Waals surface area contributed by atoms with Gasteiger partial charge in [0.1, 0.15) is 0 Å². The van der Waals surface area contributed by atoms with Gasteiger partial charge in [-0.05, 0) is 43.2 Å². The molecule has 2 aliphatic rings. The molecule has 3 N–H and O–H groups in total. The molecule has 4 amide bonds. The standard InChI is InChI=1S/C21H22N4O3S/c1-24-16-12-14(23-21(28)25-10-8-13(9-11-25)19(22)26)6-7-18(16)29-17-5-3-2-4-15(17)20(24)27/h2-7,12-13H,8-11H2,1H3,(H2,22,26)(H,23,28). The Kier molecular flexibility index (Phi) is 5.19. The number of primary amides is 1. The van der Waals surface area contributed by atoms with E-state index in [4.69, 9.17) is 5.73 Å².